The number of benzene rings is 1. The Bertz CT molecular complexity index is 1010. The Kier molecular flexibility index (Phi) is 8.55. The fourth-order valence-electron chi connectivity index (χ4n) is 3.12. The van der Waals surface area contributed by atoms with Crippen LogP contribution in [0.25, 0.3) is 0 Å². The number of sulfonamides is 1. The number of hydrogen-bond acceptors (Lipinski definition) is 5. The molecule has 0 radical (unpaired) electrons. The quantitative estimate of drug-likeness (QED) is 0.573. The molecule has 0 bridgehead atoms. The van der Waals surface area contributed by atoms with Crippen LogP contribution in [-0.4, -0.2) is 43.3 Å². The monoisotopic (exact) mass is 483 g/mol. The summed E-state index contributed by atoms with van der Waals surface area (Å²) in [7, 11) is -4.02. The van der Waals surface area contributed by atoms with Gasteiger partial charge in [0.05, 0.1) is 18.0 Å². The smallest absolute Gasteiger partial charge is 0.243 e. The Morgan fingerprint density at radius 3 is 2.25 bits per heavy atom. The highest BCUT2D eigenvalue weighted by molar-refractivity contribution is 7.89. The van der Waals surface area contributed by atoms with Gasteiger partial charge in [-0.25, -0.2) is 17.5 Å². The standard InChI is InChI=1S/C22H30FN3O4S2/c1-15(2)20(21(28)25-22(3,4)5)26(14-17-7-6-12-31-17)19(27)13-24-32(29,30)18-10-8-16(23)9-11-18/h6-12,15,20,24H,13-14H2,1-5H3,(H,25,28). The molecular weight excluding hydrogens is 453 g/mol. The third-order valence-corrected chi connectivity index (χ3v) is 6.78. The van der Waals surface area contributed by atoms with Gasteiger partial charge in [-0.3, -0.25) is 9.59 Å². The van der Waals surface area contributed by atoms with Gasteiger partial charge in [-0.2, -0.15) is 0 Å². The Morgan fingerprint density at radius 2 is 1.75 bits per heavy atom. The van der Waals surface area contributed by atoms with E-state index in [-0.39, 0.29) is 23.3 Å². The molecule has 10 heteroatoms. The number of carbonyl (C=O) groups is 2. The second-order valence-corrected chi connectivity index (χ2v) is 11.6. The lowest BCUT2D eigenvalue weighted by molar-refractivity contribution is -0.142. The summed E-state index contributed by atoms with van der Waals surface area (Å²) in [5.74, 6) is -1.62. The molecule has 1 atom stereocenters. The van der Waals surface area contributed by atoms with E-state index in [4.69, 9.17) is 0 Å². The van der Waals surface area contributed by atoms with Crippen LogP contribution in [0.2, 0.25) is 0 Å². The highest BCUT2D eigenvalue weighted by Gasteiger charge is 2.34. The summed E-state index contributed by atoms with van der Waals surface area (Å²) in [4.78, 5) is 28.4. The van der Waals surface area contributed by atoms with Crippen LogP contribution in [-0.2, 0) is 26.2 Å². The summed E-state index contributed by atoms with van der Waals surface area (Å²) in [6.07, 6.45) is 0. The van der Waals surface area contributed by atoms with Crippen LogP contribution in [0.1, 0.15) is 39.5 Å². The first-order valence-electron chi connectivity index (χ1n) is 10.2. The van der Waals surface area contributed by atoms with Crippen molar-refractivity contribution >= 4 is 33.2 Å². The molecule has 0 saturated carbocycles. The fourth-order valence-corrected chi connectivity index (χ4v) is 4.79. The first-order valence-corrected chi connectivity index (χ1v) is 12.6. The lowest BCUT2D eigenvalue weighted by Gasteiger charge is -2.35. The van der Waals surface area contributed by atoms with Crippen molar-refractivity contribution in [2.24, 2.45) is 5.92 Å². The lowest BCUT2D eigenvalue weighted by Crippen LogP contribution is -2.56. The first-order chi connectivity index (χ1) is 14.8. The zero-order valence-corrected chi connectivity index (χ0v) is 20.5. The highest BCUT2D eigenvalue weighted by Crippen LogP contribution is 2.20. The summed E-state index contributed by atoms with van der Waals surface area (Å²) in [5, 5.41) is 4.79. The molecule has 2 aromatic rings. The molecule has 0 aliphatic heterocycles. The number of halogens is 1. The van der Waals surface area contributed by atoms with Crippen molar-refractivity contribution in [2.75, 3.05) is 6.54 Å². The van der Waals surface area contributed by atoms with Crippen molar-refractivity contribution in [1.29, 1.82) is 0 Å². The zero-order chi connectivity index (χ0) is 24.1. The van der Waals surface area contributed by atoms with Crippen LogP contribution < -0.4 is 10.0 Å². The second kappa shape index (κ2) is 10.5. The zero-order valence-electron chi connectivity index (χ0n) is 18.9. The third-order valence-electron chi connectivity index (χ3n) is 4.50. The molecule has 176 valence electrons. The van der Waals surface area contributed by atoms with E-state index in [1.807, 2.05) is 52.1 Å². The topological polar surface area (TPSA) is 95.6 Å². The molecule has 2 amide bonds. The van der Waals surface area contributed by atoms with Crippen LogP contribution >= 0.6 is 11.3 Å². The fraction of sp³-hybridized carbons (Fsp3) is 0.455. The Hall–Kier alpha value is -2.30. The van der Waals surface area contributed by atoms with Crippen LogP contribution in [0.3, 0.4) is 0 Å². The largest absolute Gasteiger partial charge is 0.350 e. The van der Waals surface area contributed by atoms with Crippen molar-refractivity contribution < 1.29 is 22.4 Å². The van der Waals surface area contributed by atoms with E-state index in [1.54, 1.807) is 0 Å². The predicted molar refractivity (Wildman–Crippen MR) is 123 cm³/mol. The van der Waals surface area contributed by atoms with Gasteiger partial charge in [0.1, 0.15) is 11.9 Å². The number of nitrogens with zero attached hydrogens (tertiary/aromatic N) is 1. The van der Waals surface area contributed by atoms with Gasteiger partial charge in [0, 0.05) is 10.4 Å². The van der Waals surface area contributed by atoms with E-state index in [0.717, 1.165) is 29.1 Å². The van der Waals surface area contributed by atoms with Crippen LogP contribution in [0, 0.1) is 11.7 Å². The van der Waals surface area contributed by atoms with Gasteiger partial charge >= 0.3 is 0 Å². The Balaban J connectivity index is 2.27. The number of carbonyl (C=O) groups excluding carboxylic acids is 2. The second-order valence-electron chi connectivity index (χ2n) is 8.81. The van der Waals surface area contributed by atoms with Crippen LogP contribution in [0.5, 0.6) is 0 Å². The molecular formula is C22H30FN3O4S2. The molecule has 0 fully saturated rings. The van der Waals surface area contributed by atoms with Crippen molar-refractivity contribution in [1.82, 2.24) is 14.9 Å². The molecule has 2 rings (SSSR count). The SMILES string of the molecule is CC(C)C(C(=O)NC(C)(C)C)N(Cc1cccs1)C(=O)CNS(=O)(=O)c1ccc(F)cc1. The van der Waals surface area contributed by atoms with Gasteiger partial charge in [0.25, 0.3) is 0 Å². The van der Waals surface area contributed by atoms with Crippen LogP contribution in [0.4, 0.5) is 4.39 Å². The van der Waals surface area contributed by atoms with Gasteiger partial charge < -0.3 is 10.2 Å². The summed E-state index contributed by atoms with van der Waals surface area (Å²) in [5.41, 5.74) is -0.494. The third kappa shape index (κ3) is 7.39. The van der Waals surface area contributed by atoms with E-state index in [9.17, 15) is 22.4 Å². The highest BCUT2D eigenvalue weighted by atomic mass is 32.2. The Morgan fingerprint density at radius 1 is 1.12 bits per heavy atom. The molecule has 1 aromatic heterocycles. The molecule has 2 N–H and O–H groups in total. The Labute approximate surface area is 193 Å². The summed E-state index contributed by atoms with van der Waals surface area (Å²) in [6.45, 7) is 8.88. The molecule has 0 spiro atoms. The van der Waals surface area contributed by atoms with Gasteiger partial charge in [0.15, 0.2) is 0 Å². The number of rotatable bonds is 9. The van der Waals surface area contributed by atoms with E-state index in [0.29, 0.717) is 0 Å². The average Bonchev–Trinajstić information content (AvgIpc) is 3.17. The molecule has 7 nitrogen and oxygen atoms in total. The number of amides is 2. The predicted octanol–water partition coefficient (Wildman–Crippen LogP) is 3.13. The van der Waals surface area contributed by atoms with Crippen molar-refractivity contribution in [3.8, 4) is 0 Å². The van der Waals surface area contributed by atoms with Gasteiger partial charge in [-0.05, 0) is 62.4 Å². The van der Waals surface area contributed by atoms with Crippen molar-refractivity contribution in [3.63, 3.8) is 0 Å². The summed E-state index contributed by atoms with van der Waals surface area (Å²) >= 11 is 1.44. The van der Waals surface area contributed by atoms with E-state index < -0.39 is 39.9 Å². The summed E-state index contributed by atoms with van der Waals surface area (Å²) < 4.78 is 40.4. The van der Waals surface area contributed by atoms with Gasteiger partial charge in [-0.1, -0.05) is 19.9 Å². The molecule has 1 heterocycles. The van der Waals surface area contributed by atoms with E-state index in [1.165, 1.54) is 16.2 Å². The molecule has 1 aromatic carbocycles. The van der Waals surface area contributed by atoms with Gasteiger partial charge in [-0.15, -0.1) is 11.3 Å². The van der Waals surface area contributed by atoms with Crippen molar-refractivity contribution in [3.05, 3.63) is 52.5 Å². The lowest BCUT2D eigenvalue weighted by atomic mass is 9.99. The number of nitrogens with one attached hydrogen (secondary N) is 2. The maximum atomic E-state index is 13.2. The average molecular weight is 484 g/mol. The minimum absolute atomic E-state index is 0.151. The molecule has 1 unspecified atom stereocenters. The van der Waals surface area contributed by atoms with Gasteiger partial charge in [0.2, 0.25) is 21.8 Å². The van der Waals surface area contributed by atoms with Crippen LogP contribution in [0.15, 0.2) is 46.7 Å². The number of hydrogen-bond donors (Lipinski definition) is 2. The number of thiophene rings is 1. The minimum Gasteiger partial charge on any atom is -0.350 e. The van der Waals surface area contributed by atoms with E-state index in [2.05, 4.69) is 10.0 Å². The normalized spacial score (nSPS) is 13.1. The summed E-state index contributed by atoms with van der Waals surface area (Å²) in [6, 6.07) is 7.22. The minimum atomic E-state index is -4.02. The molecule has 32 heavy (non-hydrogen) atoms. The maximum absolute atomic E-state index is 13.2. The van der Waals surface area contributed by atoms with Crippen molar-refractivity contribution in [2.45, 2.75) is 57.6 Å². The maximum Gasteiger partial charge on any atom is 0.243 e. The van der Waals surface area contributed by atoms with E-state index >= 15 is 0 Å². The first kappa shape index (κ1) is 26.0. The molecule has 0 aliphatic carbocycles. The molecule has 0 aliphatic rings. The molecule has 0 saturated heterocycles.